The van der Waals surface area contributed by atoms with Gasteiger partial charge in [0.2, 0.25) is 5.91 Å². The van der Waals surface area contributed by atoms with Gasteiger partial charge < -0.3 is 10.2 Å². The molecule has 0 atom stereocenters. The average molecular weight is 355 g/mol. The number of carbonyl (C=O) groups is 2. The first kappa shape index (κ1) is 14.5. The van der Waals surface area contributed by atoms with E-state index in [1.165, 1.54) is 12.1 Å². The average Bonchev–Trinajstić information content (AvgIpc) is 2.79. The van der Waals surface area contributed by atoms with Crippen molar-refractivity contribution < 1.29 is 14.0 Å². The fourth-order valence-corrected chi connectivity index (χ4v) is 3.61. The molecule has 2 aliphatic heterocycles. The monoisotopic (exact) mass is 354 g/mol. The van der Waals surface area contributed by atoms with Gasteiger partial charge in [-0.25, -0.2) is 4.39 Å². The molecule has 0 aliphatic carbocycles. The molecule has 4 nitrogen and oxygen atoms in total. The molecule has 2 aliphatic rings. The van der Waals surface area contributed by atoms with Crippen molar-refractivity contribution in [2.45, 2.75) is 19.3 Å². The predicted octanol–water partition coefficient (Wildman–Crippen LogP) is 2.33. The van der Waals surface area contributed by atoms with E-state index >= 15 is 0 Å². The molecule has 0 bridgehead atoms. The van der Waals surface area contributed by atoms with Crippen LogP contribution in [0.2, 0.25) is 0 Å². The third-order valence-electron chi connectivity index (χ3n) is 4.42. The van der Waals surface area contributed by atoms with Gasteiger partial charge in [-0.05, 0) is 36.5 Å². The van der Waals surface area contributed by atoms with Crippen LogP contribution in [0.3, 0.4) is 0 Å². The fourth-order valence-electron chi connectivity index (χ4n) is 3.15. The minimum atomic E-state index is -0.424. The number of piperidine rings is 1. The van der Waals surface area contributed by atoms with Crippen LogP contribution < -0.4 is 5.32 Å². The Balaban J connectivity index is 1.69. The molecule has 0 unspecified atom stereocenters. The minimum Gasteiger partial charge on any atom is -0.356 e. The Kier molecular flexibility index (Phi) is 3.73. The van der Waals surface area contributed by atoms with E-state index in [1.54, 1.807) is 11.0 Å². The lowest BCUT2D eigenvalue weighted by atomic mass is 9.77. The van der Waals surface area contributed by atoms with Gasteiger partial charge >= 0.3 is 0 Å². The Labute approximate surface area is 130 Å². The first-order chi connectivity index (χ1) is 9.97. The van der Waals surface area contributed by atoms with Gasteiger partial charge in [0.05, 0.1) is 0 Å². The van der Waals surface area contributed by atoms with Gasteiger partial charge in [0.15, 0.2) is 0 Å². The molecular weight excluding hydrogens is 339 g/mol. The highest BCUT2D eigenvalue weighted by atomic mass is 79.9. The SMILES string of the molecule is O=C1CC2(CCN(C(=O)c3cc(F)cc(Br)c3)CC2)CN1. The van der Waals surface area contributed by atoms with Crippen molar-refractivity contribution >= 4 is 27.7 Å². The zero-order valence-electron chi connectivity index (χ0n) is 11.5. The summed E-state index contributed by atoms with van der Waals surface area (Å²) in [5.41, 5.74) is 0.370. The number of hydrogen-bond donors (Lipinski definition) is 1. The van der Waals surface area contributed by atoms with E-state index in [2.05, 4.69) is 21.2 Å². The number of nitrogens with one attached hydrogen (secondary N) is 1. The van der Waals surface area contributed by atoms with Crippen LogP contribution in [0.25, 0.3) is 0 Å². The zero-order valence-corrected chi connectivity index (χ0v) is 13.1. The summed E-state index contributed by atoms with van der Waals surface area (Å²) in [4.78, 5) is 25.6. The quantitative estimate of drug-likeness (QED) is 0.841. The summed E-state index contributed by atoms with van der Waals surface area (Å²) in [7, 11) is 0. The van der Waals surface area contributed by atoms with Crippen LogP contribution in [-0.4, -0.2) is 36.3 Å². The van der Waals surface area contributed by atoms with Gasteiger partial charge in [0.25, 0.3) is 5.91 Å². The van der Waals surface area contributed by atoms with E-state index in [0.29, 0.717) is 36.1 Å². The highest BCUT2D eigenvalue weighted by molar-refractivity contribution is 9.10. The Morgan fingerprint density at radius 1 is 1.29 bits per heavy atom. The minimum absolute atomic E-state index is 0.0103. The molecule has 21 heavy (non-hydrogen) atoms. The van der Waals surface area contributed by atoms with Gasteiger partial charge in [-0.1, -0.05) is 15.9 Å². The van der Waals surface area contributed by atoms with Gasteiger partial charge in [-0.3, -0.25) is 9.59 Å². The number of amides is 2. The van der Waals surface area contributed by atoms with Crippen LogP contribution in [-0.2, 0) is 4.79 Å². The number of carbonyl (C=O) groups excluding carboxylic acids is 2. The Morgan fingerprint density at radius 2 is 2.00 bits per heavy atom. The normalized spacial score (nSPS) is 20.7. The summed E-state index contributed by atoms with van der Waals surface area (Å²) in [6.45, 7) is 1.93. The maximum Gasteiger partial charge on any atom is 0.253 e. The molecule has 2 fully saturated rings. The second-order valence-corrected chi connectivity index (χ2v) is 6.82. The molecule has 2 amide bonds. The standard InChI is InChI=1S/C15H16BrFN2O2/c16-11-5-10(6-12(17)7-11)14(21)19-3-1-15(2-4-19)8-13(20)18-9-15/h5-7H,1-4,8-9H2,(H,18,20). The summed E-state index contributed by atoms with van der Waals surface area (Å²) >= 11 is 3.20. The van der Waals surface area contributed by atoms with Crippen LogP contribution in [0.4, 0.5) is 4.39 Å². The van der Waals surface area contributed by atoms with E-state index in [0.717, 1.165) is 12.8 Å². The van der Waals surface area contributed by atoms with Crippen molar-refractivity contribution in [3.05, 3.63) is 34.1 Å². The number of nitrogens with zero attached hydrogens (tertiary/aromatic N) is 1. The molecule has 6 heteroatoms. The Morgan fingerprint density at radius 3 is 2.57 bits per heavy atom. The molecular formula is C15H16BrFN2O2. The number of rotatable bonds is 1. The van der Waals surface area contributed by atoms with E-state index in [-0.39, 0.29) is 17.2 Å². The van der Waals surface area contributed by atoms with E-state index in [9.17, 15) is 14.0 Å². The molecule has 0 radical (unpaired) electrons. The van der Waals surface area contributed by atoms with Crippen molar-refractivity contribution in [2.75, 3.05) is 19.6 Å². The molecule has 0 saturated carbocycles. The van der Waals surface area contributed by atoms with E-state index < -0.39 is 5.82 Å². The number of hydrogen-bond acceptors (Lipinski definition) is 2. The number of halogens is 2. The van der Waals surface area contributed by atoms with Crippen LogP contribution >= 0.6 is 15.9 Å². The summed E-state index contributed by atoms with van der Waals surface area (Å²) in [5, 5.41) is 2.87. The first-order valence-electron chi connectivity index (χ1n) is 7.00. The van der Waals surface area contributed by atoms with Gasteiger partial charge in [-0.2, -0.15) is 0 Å². The smallest absolute Gasteiger partial charge is 0.253 e. The molecule has 1 aromatic carbocycles. The molecule has 0 aromatic heterocycles. The predicted molar refractivity (Wildman–Crippen MR) is 79.3 cm³/mol. The van der Waals surface area contributed by atoms with E-state index in [1.807, 2.05) is 0 Å². The van der Waals surface area contributed by atoms with E-state index in [4.69, 9.17) is 0 Å². The lowest BCUT2D eigenvalue weighted by Crippen LogP contribution is -2.44. The summed E-state index contributed by atoms with van der Waals surface area (Å²) in [5.74, 6) is -0.474. The topological polar surface area (TPSA) is 49.4 Å². The van der Waals surface area contributed by atoms with Crippen molar-refractivity contribution in [2.24, 2.45) is 5.41 Å². The summed E-state index contributed by atoms with van der Waals surface area (Å²) in [6.07, 6.45) is 2.18. The highest BCUT2D eigenvalue weighted by Gasteiger charge is 2.41. The van der Waals surface area contributed by atoms with Crippen molar-refractivity contribution in [3.63, 3.8) is 0 Å². The number of benzene rings is 1. The fraction of sp³-hybridized carbons (Fsp3) is 0.467. The van der Waals surface area contributed by atoms with Gasteiger partial charge in [0, 0.05) is 36.1 Å². The zero-order chi connectivity index (χ0) is 15.0. The van der Waals surface area contributed by atoms with Gasteiger partial charge in [-0.15, -0.1) is 0 Å². The molecule has 1 N–H and O–H groups in total. The highest BCUT2D eigenvalue weighted by Crippen LogP contribution is 2.37. The molecule has 3 rings (SSSR count). The largest absolute Gasteiger partial charge is 0.356 e. The van der Waals surface area contributed by atoms with Crippen molar-refractivity contribution in [1.82, 2.24) is 10.2 Å². The molecule has 1 spiro atoms. The van der Waals surface area contributed by atoms with Crippen LogP contribution in [0.5, 0.6) is 0 Å². The Bertz CT molecular complexity index is 577. The number of likely N-dealkylation sites (tertiary alicyclic amines) is 1. The second kappa shape index (κ2) is 5.40. The second-order valence-electron chi connectivity index (χ2n) is 5.90. The van der Waals surface area contributed by atoms with Crippen LogP contribution in [0, 0.1) is 11.2 Å². The third kappa shape index (κ3) is 2.95. The molecule has 112 valence electrons. The lowest BCUT2D eigenvalue weighted by Gasteiger charge is -2.38. The van der Waals surface area contributed by atoms with Crippen LogP contribution in [0.15, 0.2) is 22.7 Å². The molecule has 1 aromatic rings. The first-order valence-corrected chi connectivity index (χ1v) is 7.79. The van der Waals surface area contributed by atoms with Crippen LogP contribution in [0.1, 0.15) is 29.6 Å². The maximum atomic E-state index is 13.4. The summed E-state index contributed by atoms with van der Waals surface area (Å²) in [6, 6.07) is 4.23. The van der Waals surface area contributed by atoms with Crippen molar-refractivity contribution in [3.8, 4) is 0 Å². The molecule has 2 heterocycles. The lowest BCUT2D eigenvalue weighted by molar-refractivity contribution is -0.119. The third-order valence-corrected chi connectivity index (χ3v) is 4.87. The Hall–Kier alpha value is -1.43. The van der Waals surface area contributed by atoms with Gasteiger partial charge in [0.1, 0.15) is 5.82 Å². The molecule has 2 saturated heterocycles. The maximum absolute atomic E-state index is 13.4. The summed E-state index contributed by atoms with van der Waals surface area (Å²) < 4.78 is 14.0. The van der Waals surface area contributed by atoms with Crippen molar-refractivity contribution in [1.29, 1.82) is 0 Å².